The van der Waals surface area contributed by atoms with Crippen molar-refractivity contribution in [3.63, 3.8) is 0 Å². The van der Waals surface area contributed by atoms with Crippen molar-refractivity contribution in [2.45, 2.75) is 12.7 Å². The minimum Gasteiger partial charge on any atom is -0.363 e. The van der Waals surface area contributed by atoms with Gasteiger partial charge in [0.15, 0.2) is 5.79 Å². The third kappa shape index (κ3) is 5.33. The standard InChI is InChI=1S/C5H8O3/c1-5(7,8)3-2-4-6/h2-4,7-8H,1H3. The lowest BCUT2D eigenvalue weighted by Crippen LogP contribution is -2.18. The highest BCUT2D eigenvalue weighted by atomic mass is 16.5. The minimum absolute atomic E-state index is 0.477. The van der Waals surface area contributed by atoms with E-state index >= 15 is 0 Å². The van der Waals surface area contributed by atoms with Gasteiger partial charge in [-0.3, -0.25) is 4.79 Å². The van der Waals surface area contributed by atoms with Crippen molar-refractivity contribution in [3.05, 3.63) is 12.2 Å². The van der Waals surface area contributed by atoms with Gasteiger partial charge in [0, 0.05) is 0 Å². The molecule has 8 heavy (non-hydrogen) atoms. The molecule has 0 aliphatic rings. The monoisotopic (exact) mass is 116 g/mol. The molecule has 0 saturated heterocycles. The van der Waals surface area contributed by atoms with Gasteiger partial charge in [-0.25, -0.2) is 0 Å². The second-order valence-corrected chi connectivity index (χ2v) is 1.59. The van der Waals surface area contributed by atoms with E-state index in [1.54, 1.807) is 0 Å². The molecule has 0 atom stereocenters. The van der Waals surface area contributed by atoms with Crippen LogP contribution in [0, 0.1) is 0 Å². The summed E-state index contributed by atoms with van der Waals surface area (Å²) in [6.45, 7) is 1.16. The van der Waals surface area contributed by atoms with Gasteiger partial charge in [-0.05, 0) is 19.1 Å². The van der Waals surface area contributed by atoms with E-state index in [2.05, 4.69) is 0 Å². The molecule has 0 aromatic heterocycles. The van der Waals surface area contributed by atoms with Crippen molar-refractivity contribution in [1.29, 1.82) is 0 Å². The molecule has 0 spiro atoms. The summed E-state index contributed by atoms with van der Waals surface area (Å²) < 4.78 is 0. The van der Waals surface area contributed by atoms with Crippen molar-refractivity contribution < 1.29 is 15.0 Å². The van der Waals surface area contributed by atoms with Gasteiger partial charge in [0.05, 0.1) is 0 Å². The van der Waals surface area contributed by atoms with Crippen LogP contribution in [0.2, 0.25) is 0 Å². The topological polar surface area (TPSA) is 57.5 Å². The van der Waals surface area contributed by atoms with Crippen LogP contribution < -0.4 is 0 Å². The molecule has 0 heterocycles. The lowest BCUT2D eigenvalue weighted by molar-refractivity contribution is -0.107. The second-order valence-electron chi connectivity index (χ2n) is 1.59. The number of carbonyl (C=O) groups is 1. The van der Waals surface area contributed by atoms with Crippen molar-refractivity contribution in [2.75, 3.05) is 0 Å². The number of aldehydes is 1. The van der Waals surface area contributed by atoms with Gasteiger partial charge in [-0.1, -0.05) is 0 Å². The molecule has 0 radical (unpaired) electrons. The van der Waals surface area contributed by atoms with Crippen LogP contribution in [-0.2, 0) is 4.79 Å². The van der Waals surface area contributed by atoms with Gasteiger partial charge in [-0.15, -0.1) is 0 Å². The molecule has 3 heteroatoms. The van der Waals surface area contributed by atoms with Crippen LogP contribution in [0.3, 0.4) is 0 Å². The first-order valence-corrected chi connectivity index (χ1v) is 2.14. The third-order valence-corrected chi connectivity index (χ3v) is 0.491. The molecule has 0 aromatic rings. The fourth-order valence-electron chi connectivity index (χ4n) is 0.222. The quantitative estimate of drug-likeness (QED) is 0.289. The van der Waals surface area contributed by atoms with Gasteiger partial charge in [0.1, 0.15) is 6.29 Å². The molecule has 0 amide bonds. The van der Waals surface area contributed by atoms with E-state index in [0.29, 0.717) is 6.29 Å². The van der Waals surface area contributed by atoms with E-state index in [-0.39, 0.29) is 0 Å². The first kappa shape index (κ1) is 7.33. The average molecular weight is 116 g/mol. The summed E-state index contributed by atoms with van der Waals surface area (Å²) in [5.74, 6) is -1.86. The molecule has 0 aliphatic carbocycles. The number of allylic oxidation sites excluding steroid dienone is 1. The zero-order valence-corrected chi connectivity index (χ0v) is 4.53. The molecular weight excluding hydrogens is 108 g/mol. The van der Waals surface area contributed by atoms with Crippen LogP contribution in [0.4, 0.5) is 0 Å². The van der Waals surface area contributed by atoms with Crippen LogP contribution in [0.25, 0.3) is 0 Å². The number of rotatable bonds is 2. The lowest BCUT2D eigenvalue weighted by Gasteiger charge is -2.06. The molecule has 0 fully saturated rings. The van der Waals surface area contributed by atoms with Crippen LogP contribution in [0.15, 0.2) is 12.2 Å². The Morgan fingerprint density at radius 2 is 2.00 bits per heavy atom. The zero-order valence-electron chi connectivity index (χ0n) is 4.53. The summed E-state index contributed by atoms with van der Waals surface area (Å²) in [4.78, 5) is 9.54. The van der Waals surface area contributed by atoms with Crippen molar-refractivity contribution >= 4 is 6.29 Å². The number of aliphatic hydroxyl groups is 2. The molecule has 0 rings (SSSR count). The summed E-state index contributed by atoms with van der Waals surface area (Å²) in [6, 6.07) is 0. The molecule has 2 N–H and O–H groups in total. The molecule has 0 aliphatic heterocycles. The van der Waals surface area contributed by atoms with Gasteiger partial charge in [0.2, 0.25) is 0 Å². The maximum Gasteiger partial charge on any atom is 0.180 e. The van der Waals surface area contributed by atoms with Gasteiger partial charge in [-0.2, -0.15) is 0 Å². The van der Waals surface area contributed by atoms with Crippen LogP contribution in [0.1, 0.15) is 6.92 Å². The first-order chi connectivity index (χ1) is 3.56. The van der Waals surface area contributed by atoms with E-state index in [0.717, 1.165) is 19.1 Å². The first-order valence-electron chi connectivity index (χ1n) is 2.14. The van der Waals surface area contributed by atoms with E-state index in [1.165, 1.54) is 0 Å². The average Bonchev–Trinajstić information content (AvgIpc) is 1.59. The normalized spacial score (nSPS) is 12.4. The summed E-state index contributed by atoms with van der Waals surface area (Å²) in [6.07, 6.45) is 2.49. The predicted molar refractivity (Wildman–Crippen MR) is 28.0 cm³/mol. The van der Waals surface area contributed by atoms with E-state index in [4.69, 9.17) is 10.2 Å². The second kappa shape index (κ2) is 2.59. The summed E-state index contributed by atoms with van der Waals surface area (Å²) >= 11 is 0. The highest BCUT2D eigenvalue weighted by Crippen LogP contribution is 1.95. The van der Waals surface area contributed by atoms with E-state index in [1.807, 2.05) is 0 Å². The molecule has 3 nitrogen and oxygen atoms in total. The fraction of sp³-hybridized carbons (Fsp3) is 0.400. The molecular formula is C5H8O3. The smallest absolute Gasteiger partial charge is 0.180 e. The number of hydrogen-bond donors (Lipinski definition) is 2. The predicted octanol–water partition coefficient (Wildman–Crippen LogP) is -0.558. The molecule has 0 saturated carbocycles. The van der Waals surface area contributed by atoms with Gasteiger partial charge in [0.25, 0.3) is 0 Å². The van der Waals surface area contributed by atoms with Crippen LogP contribution in [-0.4, -0.2) is 22.3 Å². The Kier molecular flexibility index (Phi) is 2.37. The molecule has 46 valence electrons. The SMILES string of the molecule is CC(O)(O)C=CC=O. The summed E-state index contributed by atoms with van der Waals surface area (Å²) in [5.41, 5.74) is 0. The van der Waals surface area contributed by atoms with Gasteiger partial charge < -0.3 is 10.2 Å². The van der Waals surface area contributed by atoms with Crippen LogP contribution >= 0.6 is 0 Å². The van der Waals surface area contributed by atoms with Crippen molar-refractivity contribution in [2.24, 2.45) is 0 Å². The maximum atomic E-state index is 9.54. The molecule has 0 unspecified atom stereocenters. The Hall–Kier alpha value is -0.670. The Labute approximate surface area is 47.3 Å². The van der Waals surface area contributed by atoms with Gasteiger partial charge >= 0.3 is 0 Å². The Morgan fingerprint density at radius 3 is 2.12 bits per heavy atom. The number of hydrogen-bond acceptors (Lipinski definition) is 3. The molecule has 0 bridgehead atoms. The molecule has 0 aromatic carbocycles. The van der Waals surface area contributed by atoms with Crippen molar-refractivity contribution in [3.8, 4) is 0 Å². The van der Waals surface area contributed by atoms with Crippen molar-refractivity contribution in [1.82, 2.24) is 0 Å². The highest BCUT2D eigenvalue weighted by Gasteiger charge is 2.06. The Bertz CT molecular complexity index is 98.7. The van der Waals surface area contributed by atoms with E-state index in [9.17, 15) is 4.79 Å². The minimum atomic E-state index is -1.86. The lowest BCUT2D eigenvalue weighted by atomic mass is 10.3. The van der Waals surface area contributed by atoms with Crippen LogP contribution in [0.5, 0.6) is 0 Å². The third-order valence-electron chi connectivity index (χ3n) is 0.491. The maximum absolute atomic E-state index is 9.54. The highest BCUT2D eigenvalue weighted by molar-refractivity contribution is 5.64. The summed E-state index contributed by atoms with van der Waals surface area (Å²) in [7, 11) is 0. The summed E-state index contributed by atoms with van der Waals surface area (Å²) in [5, 5.41) is 16.9. The largest absolute Gasteiger partial charge is 0.363 e. The Morgan fingerprint density at radius 1 is 1.50 bits per heavy atom. The fourth-order valence-corrected chi connectivity index (χ4v) is 0.222. The zero-order chi connectivity index (χ0) is 6.62. The number of carbonyl (C=O) groups excluding carboxylic acids is 1. The van der Waals surface area contributed by atoms with E-state index < -0.39 is 5.79 Å². The Balaban J connectivity index is 3.69.